The first-order valence-corrected chi connectivity index (χ1v) is 6.55. The van der Waals surface area contributed by atoms with Gasteiger partial charge in [0, 0.05) is 13.3 Å². The number of nitrogens with zero attached hydrogens (tertiary/aromatic N) is 1. The number of anilines is 1. The molecule has 5 heteroatoms. The Hall–Kier alpha value is -2.40. The van der Waals surface area contributed by atoms with Crippen molar-refractivity contribution in [3.63, 3.8) is 0 Å². The maximum absolute atomic E-state index is 12.4. The Morgan fingerprint density at radius 2 is 1.95 bits per heavy atom. The van der Waals surface area contributed by atoms with E-state index in [2.05, 4.69) is 10.3 Å². The number of nitrogens with one attached hydrogen (secondary N) is 1. The molecule has 21 heavy (non-hydrogen) atoms. The molecule has 0 bridgehead atoms. The normalized spacial score (nSPS) is 11.8. The van der Waals surface area contributed by atoms with Gasteiger partial charge in [-0.15, -0.1) is 0 Å². The van der Waals surface area contributed by atoms with Gasteiger partial charge in [0.15, 0.2) is 6.10 Å². The van der Waals surface area contributed by atoms with Gasteiger partial charge in [-0.3, -0.25) is 4.79 Å². The Labute approximate surface area is 123 Å². The Balaban J connectivity index is 2.22. The average Bonchev–Trinajstić information content (AvgIpc) is 2.49. The summed E-state index contributed by atoms with van der Waals surface area (Å²) in [6.07, 6.45) is 0.996. The molecule has 0 spiro atoms. The molecule has 1 N–H and O–H groups in total. The van der Waals surface area contributed by atoms with E-state index in [0.717, 1.165) is 11.1 Å². The molecule has 1 aromatic heterocycles. The second-order valence-electron chi connectivity index (χ2n) is 4.59. The second kappa shape index (κ2) is 6.85. The van der Waals surface area contributed by atoms with Crippen molar-refractivity contribution < 1.29 is 14.3 Å². The highest BCUT2D eigenvalue weighted by Gasteiger charge is 2.21. The third-order valence-corrected chi connectivity index (χ3v) is 3.02. The molecule has 5 nitrogen and oxygen atoms in total. The zero-order chi connectivity index (χ0) is 15.2. The molecule has 1 atom stereocenters. The number of amides is 1. The van der Waals surface area contributed by atoms with Crippen molar-refractivity contribution in [3.8, 4) is 5.88 Å². The largest absolute Gasteiger partial charge is 0.480 e. The van der Waals surface area contributed by atoms with Gasteiger partial charge in [-0.25, -0.2) is 4.98 Å². The molecule has 110 valence electrons. The molecule has 0 fully saturated rings. The first kappa shape index (κ1) is 15.0. The number of carbonyl (C=O) groups excluding carboxylic acids is 1. The van der Waals surface area contributed by atoms with Gasteiger partial charge in [-0.2, -0.15) is 0 Å². The van der Waals surface area contributed by atoms with E-state index in [1.54, 1.807) is 12.3 Å². The lowest BCUT2D eigenvalue weighted by Crippen LogP contribution is -2.23. The van der Waals surface area contributed by atoms with E-state index in [1.807, 2.05) is 37.3 Å². The molecular weight excluding hydrogens is 268 g/mol. The van der Waals surface area contributed by atoms with Crippen LogP contribution in [0.15, 0.2) is 42.6 Å². The van der Waals surface area contributed by atoms with Gasteiger partial charge in [0.05, 0.1) is 7.11 Å². The zero-order valence-electron chi connectivity index (χ0n) is 12.3. The van der Waals surface area contributed by atoms with Crippen LogP contribution in [0.1, 0.15) is 17.2 Å². The summed E-state index contributed by atoms with van der Waals surface area (Å²) in [5, 5.41) is 2.80. The van der Waals surface area contributed by atoms with Crippen LogP contribution >= 0.6 is 0 Å². The highest BCUT2D eigenvalue weighted by Crippen LogP contribution is 2.25. The number of aromatic nitrogens is 1. The quantitative estimate of drug-likeness (QED) is 0.918. The first-order valence-electron chi connectivity index (χ1n) is 6.55. The van der Waals surface area contributed by atoms with E-state index in [9.17, 15) is 4.79 Å². The number of hydrogen-bond acceptors (Lipinski definition) is 4. The Kier molecular flexibility index (Phi) is 4.90. The van der Waals surface area contributed by atoms with E-state index in [0.29, 0.717) is 11.6 Å². The predicted molar refractivity (Wildman–Crippen MR) is 80.3 cm³/mol. The molecule has 0 aliphatic rings. The molecule has 0 aliphatic carbocycles. The minimum absolute atomic E-state index is 0.269. The number of carbonyl (C=O) groups is 1. The van der Waals surface area contributed by atoms with Crippen molar-refractivity contribution in [2.45, 2.75) is 13.0 Å². The smallest absolute Gasteiger partial charge is 0.258 e. The van der Waals surface area contributed by atoms with Gasteiger partial charge in [0.25, 0.3) is 5.91 Å². The predicted octanol–water partition coefficient (Wildman–Crippen LogP) is 2.72. The summed E-state index contributed by atoms with van der Waals surface area (Å²) >= 11 is 0. The summed E-state index contributed by atoms with van der Waals surface area (Å²) < 4.78 is 10.5. The van der Waals surface area contributed by atoms with Crippen molar-refractivity contribution in [3.05, 3.63) is 53.7 Å². The van der Waals surface area contributed by atoms with Crippen LogP contribution in [-0.2, 0) is 9.53 Å². The first-order chi connectivity index (χ1) is 10.2. The van der Waals surface area contributed by atoms with Crippen molar-refractivity contribution >= 4 is 11.6 Å². The third kappa shape index (κ3) is 3.58. The van der Waals surface area contributed by atoms with Crippen LogP contribution in [0.2, 0.25) is 0 Å². The number of hydrogen-bond donors (Lipinski definition) is 1. The average molecular weight is 286 g/mol. The molecule has 1 heterocycles. The summed E-state index contributed by atoms with van der Waals surface area (Å²) in [4.78, 5) is 16.5. The SMILES string of the molecule is COc1ncc(C)cc1NC(=O)[C@H](OC)c1ccccc1. The minimum Gasteiger partial charge on any atom is -0.480 e. The number of methoxy groups -OCH3 is 2. The topological polar surface area (TPSA) is 60.5 Å². The molecule has 1 amide bonds. The summed E-state index contributed by atoms with van der Waals surface area (Å²) in [5.74, 6) is 0.103. The van der Waals surface area contributed by atoms with Gasteiger partial charge < -0.3 is 14.8 Å². The fourth-order valence-electron chi connectivity index (χ4n) is 2.03. The molecule has 1 aromatic carbocycles. The molecule has 0 saturated carbocycles. The minimum atomic E-state index is -0.684. The summed E-state index contributed by atoms with van der Waals surface area (Å²) in [6.45, 7) is 1.90. The van der Waals surface area contributed by atoms with Crippen LogP contribution in [-0.4, -0.2) is 25.1 Å². The summed E-state index contributed by atoms with van der Waals surface area (Å²) in [6, 6.07) is 11.1. The molecule has 0 radical (unpaired) electrons. The van der Waals surface area contributed by atoms with E-state index in [4.69, 9.17) is 9.47 Å². The summed E-state index contributed by atoms with van der Waals surface area (Å²) in [5.41, 5.74) is 2.25. The third-order valence-electron chi connectivity index (χ3n) is 3.02. The van der Waals surface area contributed by atoms with Crippen LogP contribution in [0.3, 0.4) is 0 Å². The van der Waals surface area contributed by atoms with Gasteiger partial charge in [0.2, 0.25) is 5.88 Å². The standard InChI is InChI=1S/C16H18N2O3/c1-11-9-13(16(21-3)17-10-11)18-15(19)14(20-2)12-7-5-4-6-8-12/h4-10,14H,1-3H3,(H,18,19)/t14-/m1/s1. The van der Waals surface area contributed by atoms with Gasteiger partial charge in [0.1, 0.15) is 5.69 Å². The maximum atomic E-state index is 12.4. The van der Waals surface area contributed by atoms with Gasteiger partial charge >= 0.3 is 0 Å². The lowest BCUT2D eigenvalue weighted by molar-refractivity contribution is -0.126. The van der Waals surface area contributed by atoms with E-state index >= 15 is 0 Å². The van der Waals surface area contributed by atoms with Crippen LogP contribution < -0.4 is 10.1 Å². The zero-order valence-corrected chi connectivity index (χ0v) is 12.3. The second-order valence-corrected chi connectivity index (χ2v) is 4.59. The molecular formula is C16H18N2O3. The number of aryl methyl sites for hydroxylation is 1. The highest BCUT2D eigenvalue weighted by atomic mass is 16.5. The Morgan fingerprint density at radius 3 is 2.57 bits per heavy atom. The van der Waals surface area contributed by atoms with E-state index in [-0.39, 0.29) is 5.91 Å². The molecule has 0 unspecified atom stereocenters. The van der Waals surface area contributed by atoms with Crippen LogP contribution in [0.25, 0.3) is 0 Å². The maximum Gasteiger partial charge on any atom is 0.258 e. The van der Waals surface area contributed by atoms with Crippen LogP contribution in [0.5, 0.6) is 5.88 Å². The molecule has 0 saturated heterocycles. The van der Waals surface area contributed by atoms with Crippen LogP contribution in [0, 0.1) is 6.92 Å². The summed E-state index contributed by atoms with van der Waals surface area (Å²) in [7, 11) is 3.02. The lowest BCUT2D eigenvalue weighted by atomic mass is 10.1. The van der Waals surface area contributed by atoms with E-state index < -0.39 is 6.10 Å². The number of ether oxygens (including phenoxy) is 2. The van der Waals surface area contributed by atoms with Crippen molar-refractivity contribution in [2.24, 2.45) is 0 Å². The lowest BCUT2D eigenvalue weighted by Gasteiger charge is -2.16. The number of pyridine rings is 1. The molecule has 0 aliphatic heterocycles. The Morgan fingerprint density at radius 1 is 1.24 bits per heavy atom. The molecule has 2 rings (SSSR count). The van der Waals surface area contributed by atoms with Gasteiger partial charge in [-0.05, 0) is 24.1 Å². The monoisotopic (exact) mass is 286 g/mol. The highest BCUT2D eigenvalue weighted by molar-refractivity contribution is 5.95. The fraction of sp³-hybridized carbons (Fsp3) is 0.250. The fourth-order valence-corrected chi connectivity index (χ4v) is 2.03. The van der Waals surface area contributed by atoms with Gasteiger partial charge in [-0.1, -0.05) is 30.3 Å². The van der Waals surface area contributed by atoms with Crippen molar-refractivity contribution in [2.75, 3.05) is 19.5 Å². The Bertz CT molecular complexity index is 614. The number of benzene rings is 1. The number of rotatable bonds is 5. The van der Waals surface area contributed by atoms with Crippen molar-refractivity contribution in [1.29, 1.82) is 0 Å². The van der Waals surface area contributed by atoms with E-state index in [1.165, 1.54) is 14.2 Å². The van der Waals surface area contributed by atoms with Crippen LogP contribution in [0.4, 0.5) is 5.69 Å². The molecule has 2 aromatic rings. The van der Waals surface area contributed by atoms with Crippen molar-refractivity contribution in [1.82, 2.24) is 4.98 Å².